The van der Waals surface area contributed by atoms with E-state index in [9.17, 15) is 0 Å². The molecule has 0 saturated heterocycles. The van der Waals surface area contributed by atoms with Crippen LogP contribution in [0.15, 0.2) is 22.7 Å². The summed E-state index contributed by atoms with van der Waals surface area (Å²) < 4.78 is 6.70. The fraction of sp³-hybridized carbons (Fsp3) is 0.455. The van der Waals surface area contributed by atoms with Gasteiger partial charge in [-0.2, -0.15) is 0 Å². The predicted octanol–water partition coefficient (Wildman–Crippen LogP) is 2.67. The standard InChI is InChI=1S/C11H14BrNO/c1-11(13-2)6-7-14-10-8(11)4-3-5-9(10)12/h3-5,13H,6-7H2,1-2H3. The molecule has 0 fully saturated rings. The first-order chi connectivity index (χ1) is 6.67. The molecule has 1 aliphatic heterocycles. The normalized spacial score (nSPS) is 25.4. The molecular weight excluding hydrogens is 242 g/mol. The van der Waals surface area contributed by atoms with E-state index in [-0.39, 0.29) is 5.54 Å². The third kappa shape index (κ3) is 1.44. The monoisotopic (exact) mass is 255 g/mol. The maximum Gasteiger partial charge on any atom is 0.138 e. The minimum absolute atomic E-state index is 0.0391. The molecule has 2 rings (SSSR count). The lowest BCUT2D eigenvalue weighted by Crippen LogP contribution is -2.41. The van der Waals surface area contributed by atoms with Crippen molar-refractivity contribution in [3.63, 3.8) is 0 Å². The first-order valence-electron chi connectivity index (χ1n) is 4.78. The topological polar surface area (TPSA) is 21.3 Å². The molecule has 1 N–H and O–H groups in total. The van der Waals surface area contributed by atoms with Crippen molar-refractivity contribution >= 4 is 15.9 Å². The largest absolute Gasteiger partial charge is 0.492 e. The second kappa shape index (κ2) is 3.55. The minimum Gasteiger partial charge on any atom is -0.492 e. The maximum atomic E-state index is 5.66. The fourth-order valence-corrected chi connectivity index (χ4v) is 2.32. The molecule has 1 atom stereocenters. The Bertz CT molecular complexity index is 353. The lowest BCUT2D eigenvalue weighted by atomic mass is 9.87. The SMILES string of the molecule is CNC1(C)CCOc2c(Br)cccc21. The van der Waals surface area contributed by atoms with Crippen molar-refractivity contribution in [3.8, 4) is 5.75 Å². The van der Waals surface area contributed by atoms with Gasteiger partial charge in [0.25, 0.3) is 0 Å². The van der Waals surface area contributed by atoms with Crippen LogP contribution in [0.3, 0.4) is 0 Å². The van der Waals surface area contributed by atoms with E-state index in [0.717, 1.165) is 23.2 Å². The molecule has 0 spiro atoms. The predicted molar refractivity (Wildman–Crippen MR) is 60.7 cm³/mol. The van der Waals surface area contributed by atoms with Crippen molar-refractivity contribution < 1.29 is 4.74 Å². The van der Waals surface area contributed by atoms with Gasteiger partial charge in [-0.3, -0.25) is 0 Å². The highest BCUT2D eigenvalue weighted by atomic mass is 79.9. The van der Waals surface area contributed by atoms with E-state index < -0.39 is 0 Å². The molecule has 3 heteroatoms. The van der Waals surface area contributed by atoms with E-state index in [1.165, 1.54) is 5.56 Å². The molecule has 0 amide bonds. The van der Waals surface area contributed by atoms with Gasteiger partial charge in [-0.1, -0.05) is 12.1 Å². The molecule has 0 aromatic heterocycles. The summed E-state index contributed by atoms with van der Waals surface area (Å²) in [5, 5.41) is 3.36. The Labute approximate surface area is 92.8 Å². The Balaban J connectivity index is 2.55. The van der Waals surface area contributed by atoms with Gasteiger partial charge in [-0.25, -0.2) is 0 Å². The van der Waals surface area contributed by atoms with Crippen LogP contribution in [0.2, 0.25) is 0 Å². The lowest BCUT2D eigenvalue weighted by Gasteiger charge is -2.35. The van der Waals surface area contributed by atoms with Gasteiger partial charge in [0.15, 0.2) is 0 Å². The van der Waals surface area contributed by atoms with E-state index >= 15 is 0 Å². The van der Waals surface area contributed by atoms with E-state index in [4.69, 9.17) is 4.74 Å². The molecule has 0 aliphatic carbocycles. The Hall–Kier alpha value is -0.540. The molecule has 1 heterocycles. The van der Waals surface area contributed by atoms with Crippen LogP contribution in [0.1, 0.15) is 18.9 Å². The summed E-state index contributed by atoms with van der Waals surface area (Å²) in [6.45, 7) is 2.98. The van der Waals surface area contributed by atoms with E-state index in [2.05, 4.69) is 34.2 Å². The van der Waals surface area contributed by atoms with Gasteiger partial charge in [0, 0.05) is 17.5 Å². The van der Waals surface area contributed by atoms with Crippen molar-refractivity contribution in [3.05, 3.63) is 28.2 Å². The van der Waals surface area contributed by atoms with Crippen molar-refractivity contribution in [2.24, 2.45) is 0 Å². The second-order valence-electron chi connectivity index (χ2n) is 3.80. The number of hydrogen-bond donors (Lipinski definition) is 1. The van der Waals surface area contributed by atoms with Crippen molar-refractivity contribution in [1.29, 1.82) is 0 Å². The number of nitrogens with one attached hydrogen (secondary N) is 1. The highest BCUT2D eigenvalue weighted by Crippen LogP contribution is 2.40. The smallest absolute Gasteiger partial charge is 0.138 e. The fourth-order valence-electron chi connectivity index (χ4n) is 1.84. The van der Waals surface area contributed by atoms with Crippen LogP contribution in [0.4, 0.5) is 0 Å². The van der Waals surface area contributed by atoms with E-state index in [1.54, 1.807) is 0 Å². The Morgan fingerprint density at radius 1 is 1.50 bits per heavy atom. The molecular formula is C11H14BrNO. The van der Waals surface area contributed by atoms with Gasteiger partial charge in [0.1, 0.15) is 5.75 Å². The minimum atomic E-state index is 0.0391. The van der Waals surface area contributed by atoms with Crippen LogP contribution in [-0.4, -0.2) is 13.7 Å². The molecule has 1 aromatic rings. The van der Waals surface area contributed by atoms with E-state index in [1.807, 2.05) is 19.2 Å². The number of rotatable bonds is 1. The first kappa shape index (κ1) is 9.99. The number of hydrogen-bond acceptors (Lipinski definition) is 2. The lowest BCUT2D eigenvalue weighted by molar-refractivity contribution is 0.203. The Kier molecular flexibility index (Phi) is 2.54. The van der Waals surface area contributed by atoms with Crippen LogP contribution in [0, 0.1) is 0 Å². The molecule has 0 saturated carbocycles. The molecule has 0 bridgehead atoms. The van der Waals surface area contributed by atoms with Gasteiger partial charge in [0.05, 0.1) is 11.1 Å². The number of ether oxygens (including phenoxy) is 1. The van der Waals surface area contributed by atoms with Crippen molar-refractivity contribution in [2.45, 2.75) is 18.9 Å². The highest BCUT2D eigenvalue weighted by Gasteiger charge is 2.32. The summed E-state index contributed by atoms with van der Waals surface area (Å²) in [5.74, 6) is 0.982. The van der Waals surface area contributed by atoms with E-state index in [0.29, 0.717) is 0 Å². The number of halogens is 1. The summed E-state index contributed by atoms with van der Waals surface area (Å²) >= 11 is 3.51. The zero-order chi connectivity index (χ0) is 10.2. The van der Waals surface area contributed by atoms with Gasteiger partial charge in [-0.15, -0.1) is 0 Å². The van der Waals surface area contributed by atoms with Crippen molar-refractivity contribution in [1.82, 2.24) is 5.32 Å². The van der Waals surface area contributed by atoms with Gasteiger partial charge in [-0.05, 0) is 36.0 Å². The quantitative estimate of drug-likeness (QED) is 0.834. The first-order valence-corrected chi connectivity index (χ1v) is 5.57. The highest BCUT2D eigenvalue weighted by molar-refractivity contribution is 9.10. The summed E-state index contributed by atoms with van der Waals surface area (Å²) in [4.78, 5) is 0. The molecule has 1 unspecified atom stereocenters. The van der Waals surface area contributed by atoms with Crippen LogP contribution in [-0.2, 0) is 5.54 Å². The molecule has 1 aliphatic rings. The average molecular weight is 256 g/mol. The van der Waals surface area contributed by atoms with Gasteiger partial charge < -0.3 is 10.1 Å². The Morgan fingerprint density at radius 3 is 3.00 bits per heavy atom. The summed E-state index contributed by atoms with van der Waals surface area (Å²) in [6, 6.07) is 6.18. The zero-order valence-corrected chi connectivity index (χ0v) is 10.0. The number of benzene rings is 1. The molecule has 76 valence electrons. The van der Waals surface area contributed by atoms with Crippen molar-refractivity contribution in [2.75, 3.05) is 13.7 Å². The van der Waals surface area contributed by atoms with Crippen LogP contribution in [0.25, 0.3) is 0 Å². The number of fused-ring (bicyclic) bond motifs is 1. The number of para-hydroxylation sites is 1. The maximum absolute atomic E-state index is 5.66. The van der Waals surface area contributed by atoms with Crippen LogP contribution < -0.4 is 10.1 Å². The Morgan fingerprint density at radius 2 is 2.29 bits per heavy atom. The van der Waals surface area contributed by atoms with Crippen LogP contribution in [0.5, 0.6) is 5.75 Å². The summed E-state index contributed by atoms with van der Waals surface area (Å²) in [5.41, 5.74) is 1.28. The second-order valence-corrected chi connectivity index (χ2v) is 4.65. The third-order valence-corrected chi connectivity index (χ3v) is 3.59. The summed E-state index contributed by atoms with van der Waals surface area (Å²) in [6.07, 6.45) is 1.01. The van der Waals surface area contributed by atoms with Gasteiger partial charge >= 0.3 is 0 Å². The third-order valence-electron chi connectivity index (χ3n) is 2.96. The average Bonchev–Trinajstić information content (AvgIpc) is 2.20. The zero-order valence-electron chi connectivity index (χ0n) is 8.43. The van der Waals surface area contributed by atoms with Crippen LogP contribution >= 0.6 is 15.9 Å². The molecule has 2 nitrogen and oxygen atoms in total. The summed E-state index contributed by atoms with van der Waals surface area (Å²) in [7, 11) is 2.00. The molecule has 0 radical (unpaired) electrons. The molecule has 14 heavy (non-hydrogen) atoms. The van der Waals surface area contributed by atoms with Gasteiger partial charge in [0.2, 0.25) is 0 Å². The molecule has 1 aromatic carbocycles.